The predicted octanol–water partition coefficient (Wildman–Crippen LogP) is 4.49. The molecule has 0 aliphatic carbocycles. The first-order valence-corrected chi connectivity index (χ1v) is 14.2. The fourth-order valence-corrected chi connectivity index (χ4v) is 5.76. The lowest BCUT2D eigenvalue weighted by atomic mass is 10.1. The lowest BCUT2D eigenvalue weighted by Crippen LogP contribution is -2.37. The number of aryl methyl sites for hydroxylation is 1. The molecule has 4 aromatic rings. The van der Waals surface area contributed by atoms with E-state index in [9.17, 15) is 18.4 Å². The molecule has 9 nitrogen and oxygen atoms in total. The van der Waals surface area contributed by atoms with E-state index in [1.165, 1.54) is 0 Å². The van der Waals surface area contributed by atoms with Crippen molar-refractivity contribution in [1.82, 2.24) is 24.8 Å². The average molecular weight is 587 g/mol. The first kappa shape index (κ1) is 28.3. The Hall–Kier alpha value is -4.80. The molecule has 0 fully saturated rings. The summed E-state index contributed by atoms with van der Waals surface area (Å²) in [5.41, 5.74) is 4.53. The van der Waals surface area contributed by atoms with Crippen LogP contribution >= 0.6 is 0 Å². The van der Waals surface area contributed by atoms with E-state index in [4.69, 9.17) is 4.74 Å². The number of amides is 1. The molecule has 0 saturated heterocycles. The standard InChI is InChI=1S/C32H32F2N6O3/c1-19-11-21(8-9-36-19)14-39(24-5-4-10-38(17-24)23-6-7-27(37-13-23)32(42)35-3)15-22-16-40-20(2)18-43-31-28(34)26(33)12-25(29(31)40)30(22)41/h5-9,11-13,16,20H,4,10,14-15,17-18H2,1-3H3,(H,35,42). The van der Waals surface area contributed by atoms with Gasteiger partial charge in [0.05, 0.1) is 35.4 Å². The van der Waals surface area contributed by atoms with Gasteiger partial charge in [0.15, 0.2) is 17.0 Å². The Bertz CT molecular complexity index is 1800. The highest BCUT2D eigenvalue weighted by Gasteiger charge is 2.28. The van der Waals surface area contributed by atoms with E-state index in [1.54, 1.807) is 31.7 Å². The van der Waals surface area contributed by atoms with Gasteiger partial charge < -0.3 is 24.4 Å². The Morgan fingerprint density at radius 3 is 2.77 bits per heavy atom. The van der Waals surface area contributed by atoms with Crippen molar-refractivity contribution in [2.24, 2.45) is 0 Å². The lowest BCUT2D eigenvalue weighted by molar-refractivity contribution is 0.0958. The summed E-state index contributed by atoms with van der Waals surface area (Å²) in [4.78, 5) is 38.7. The third kappa shape index (κ3) is 5.42. The van der Waals surface area contributed by atoms with Gasteiger partial charge in [-0.05, 0) is 56.2 Å². The highest BCUT2D eigenvalue weighted by Crippen LogP contribution is 2.35. The Morgan fingerprint density at radius 2 is 2.02 bits per heavy atom. The van der Waals surface area contributed by atoms with Crippen LogP contribution in [-0.4, -0.2) is 52.1 Å². The number of hydrogen-bond donors (Lipinski definition) is 1. The zero-order chi connectivity index (χ0) is 30.2. The minimum absolute atomic E-state index is 0.0965. The molecule has 2 aliphatic heterocycles. The summed E-state index contributed by atoms with van der Waals surface area (Å²) in [6.07, 6.45) is 8.15. The van der Waals surface area contributed by atoms with Gasteiger partial charge in [-0.3, -0.25) is 14.6 Å². The second-order valence-corrected chi connectivity index (χ2v) is 11.0. The molecule has 6 rings (SSSR count). The van der Waals surface area contributed by atoms with Gasteiger partial charge in [-0.1, -0.05) is 6.08 Å². The van der Waals surface area contributed by atoms with Crippen molar-refractivity contribution in [1.29, 1.82) is 0 Å². The summed E-state index contributed by atoms with van der Waals surface area (Å²) in [5, 5.41) is 2.68. The number of halogens is 2. The number of carbonyl (C=O) groups is 1. The lowest BCUT2D eigenvalue weighted by Gasteiger charge is -2.36. The minimum Gasteiger partial charge on any atom is -0.486 e. The molecular weight excluding hydrogens is 554 g/mol. The number of hydrogen-bond acceptors (Lipinski definition) is 7. The number of ether oxygens (including phenoxy) is 1. The van der Waals surface area contributed by atoms with Crippen molar-refractivity contribution in [2.75, 3.05) is 31.6 Å². The number of pyridine rings is 3. The molecule has 1 amide bonds. The van der Waals surface area contributed by atoms with Crippen LogP contribution in [0.2, 0.25) is 0 Å². The highest BCUT2D eigenvalue weighted by atomic mass is 19.2. The van der Waals surface area contributed by atoms with Crippen LogP contribution in [0.15, 0.2) is 65.5 Å². The van der Waals surface area contributed by atoms with Gasteiger partial charge in [-0.25, -0.2) is 9.37 Å². The first-order chi connectivity index (χ1) is 20.7. The number of nitrogens with zero attached hydrogens (tertiary/aromatic N) is 5. The fourth-order valence-electron chi connectivity index (χ4n) is 5.76. The Balaban J connectivity index is 1.37. The van der Waals surface area contributed by atoms with Gasteiger partial charge in [-0.15, -0.1) is 0 Å². The monoisotopic (exact) mass is 586 g/mol. The van der Waals surface area contributed by atoms with Crippen LogP contribution in [0.25, 0.3) is 10.9 Å². The molecule has 1 atom stereocenters. The summed E-state index contributed by atoms with van der Waals surface area (Å²) < 4.78 is 36.5. The van der Waals surface area contributed by atoms with Gasteiger partial charge in [0.2, 0.25) is 5.82 Å². The van der Waals surface area contributed by atoms with E-state index >= 15 is 0 Å². The van der Waals surface area contributed by atoms with E-state index in [2.05, 4.69) is 31.2 Å². The van der Waals surface area contributed by atoms with Crippen molar-refractivity contribution in [3.63, 3.8) is 0 Å². The number of aromatic nitrogens is 3. The summed E-state index contributed by atoms with van der Waals surface area (Å²) in [7, 11) is 1.57. The minimum atomic E-state index is -1.11. The number of rotatable bonds is 7. The van der Waals surface area contributed by atoms with E-state index in [0.717, 1.165) is 41.7 Å². The molecule has 222 valence electrons. The van der Waals surface area contributed by atoms with E-state index < -0.39 is 11.6 Å². The SMILES string of the molecule is CNC(=O)c1ccc(N2CCC=C(N(Cc3ccnc(C)c3)Cc3cn4c5c(c(F)c(F)cc5c3=O)OCC4C)C2)cn1. The van der Waals surface area contributed by atoms with Gasteiger partial charge in [0.1, 0.15) is 12.3 Å². The van der Waals surface area contributed by atoms with Gasteiger partial charge >= 0.3 is 0 Å². The Morgan fingerprint density at radius 1 is 1.19 bits per heavy atom. The molecule has 1 unspecified atom stereocenters. The molecule has 0 saturated carbocycles. The zero-order valence-electron chi connectivity index (χ0n) is 24.2. The van der Waals surface area contributed by atoms with Crippen molar-refractivity contribution in [3.8, 4) is 5.75 Å². The van der Waals surface area contributed by atoms with Crippen molar-refractivity contribution >= 4 is 22.5 Å². The smallest absolute Gasteiger partial charge is 0.269 e. The molecule has 2 aliphatic rings. The fraction of sp³-hybridized carbons (Fsp3) is 0.312. The molecule has 11 heteroatoms. The molecule has 0 radical (unpaired) electrons. The van der Waals surface area contributed by atoms with Crippen LogP contribution in [0, 0.1) is 18.6 Å². The van der Waals surface area contributed by atoms with E-state index in [1.807, 2.05) is 36.6 Å². The Labute approximate surface area is 247 Å². The third-order valence-electron chi connectivity index (χ3n) is 7.99. The van der Waals surface area contributed by atoms with Gasteiger partial charge in [0, 0.05) is 56.0 Å². The number of carbonyl (C=O) groups excluding carboxylic acids is 1. The van der Waals surface area contributed by atoms with Gasteiger partial charge in [-0.2, -0.15) is 4.39 Å². The second kappa shape index (κ2) is 11.5. The van der Waals surface area contributed by atoms with Crippen LogP contribution in [0.5, 0.6) is 5.75 Å². The summed E-state index contributed by atoms with van der Waals surface area (Å²) >= 11 is 0. The van der Waals surface area contributed by atoms with Gasteiger partial charge in [0.25, 0.3) is 5.91 Å². The number of benzene rings is 1. The molecule has 0 spiro atoms. The zero-order valence-corrected chi connectivity index (χ0v) is 24.2. The molecule has 3 aromatic heterocycles. The van der Waals surface area contributed by atoms with Crippen LogP contribution in [0.4, 0.5) is 14.5 Å². The number of anilines is 1. The summed E-state index contributed by atoms with van der Waals surface area (Å²) in [5.74, 6) is -2.66. The molecule has 43 heavy (non-hydrogen) atoms. The third-order valence-corrected chi connectivity index (χ3v) is 7.99. The normalized spacial score (nSPS) is 16.1. The van der Waals surface area contributed by atoms with Crippen molar-refractivity contribution in [2.45, 2.75) is 39.4 Å². The largest absolute Gasteiger partial charge is 0.486 e. The van der Waals surface area contributed by atoms with Crippen molar-refractivity contribution in [3.05, 3.63) is 105 Å². The summed E-state index contributed by atoms with van der Waals surface area (Å²) in [6, 6.07) is 8.34. The average Bonchev–Trinajstić information content (AvgIpc) is 3.02. The molecule has 1 aromatic carbocycles. The molecule has 5 heterocycles. The topological polar surface area (TPSA) is 92.6 Å². The van der Waals surface area contributed by atoms with Crippen LogP contribution in [-0.2, 0) is 13.1 Å². The van der Waals surface area contributed by atoms with Crippen molar-refractivity contribution < 1.29 is 18.3 Å². The van der Waals surface area contributed by atoms with Crippen LogP contribution in [0.3, 0.4) is 0 Å². The van der Waals surface area contributed by atoms with E-state index in [0.29, 0.717) is 24.3 Å². The van der Waals surface area contributed by atoms with Crippen LogP contribution < -0.4 is 20.4 Å². The van der Waals surface area contributed by atoms with E-state index in [-0.39, 0.29) is 47.2 Å². The second-order valence-electron chi connectivity index (χ2n) is 11.0. The molecule has 1 N–H and O–H groups in total. The van der Waals surface area contributed by atoms with Crippen LogP contribution in [0.1, 0.15) is 46.7 Å². The molecular formula is C32H32F2N6O3. The highest BCUT2D eigenvalue weighted by molar-refractivity contribution is 5.92. The summed E-state index contributed by atoms with van der Waals surface area (Å²) in [6.45, 7) is 6.10. The Kier molecular flexibility index (Phi) is 7.55. The maximum Gasteiger partial charge on any atom is 0.269 e. The first-order valence-electron chi connectivity index (χ1n) is 14.2. The maximum atomic E-state index is 14.6. The molecule has 0 bridgehead atoms. The quantitative estimate of drug-likeness (QED) is 0.341. The predicted molar refractivity (Wildman–Crippen MR) is 159 cm³/mol. The maximum absolute atomic E-state index is 14.6. The number of nitrogens with one attached hydrogen (secondary N) is 1.